The quantitative estimate of drug-likeness (QED) is 0.834. The Labute approximate surface area is 107 Å². The molecule has 0 aromatic rings. The number of hydrogen-bond donors (Lipinski definition) is 1. The van der Waals surface area contributed by atoms with E-state index in [-0.39, 0.29) is 17.9 Å². The molecule has 0 saturated carbocycles. The van der Waals surface area contributed by atoms with E-state index >= 15 is 0 Å². The monoisotopic (exact) mass is 258 g/mol. The minimum Gasteiger partial charge on any atom is -0.340 e. The fourth-order valence-electron chi connectivity index (χ4n) is 2.01. The van der Waals surface area contributed by atoms with Gasteiger partial charge in [0, 0.05) is 12.1 Å². The summed E-state index contributed by atoms with van der Waals surface area (Å²) in [5, 5.41) is 2.76. The van der Waals surface area contributed by atoms with Crippen LogP contribution in [0.1, 0.15) is 33.6 Å². The van der Waals surface area contributed by atoms with Crippen molar-refractivity contribution in [1.82, 2.24) is 10.2 Å². The molecule has 1 fully saturated rings. The lowest BCUT2D eigenvalue weighted by Crippen LogP contribution is -2.67. The highest BCUT2D eigenvalue weighted by atomic mass is 35.5. The summed E-state index contributed by atoms with van der Waals surface area (Å²) < 4.78 is 0. The van der Waals surface area contributed by atoms with E-state index in [0.717, 1.165) is 6.42 Å². The van der Waals surface area contributed by atoms with Gasteiger partial charge in [0.15, 0.2) is 0 Å². The van der Waals surface area contributed by atoms with Gasteiger partial charge in [-0.05, 0) is 20.3 Å². The maximum Gasteiger partial charge on any atom is 0.248 e. The van der Waals surface area contributed by atoms with Gasteiger partial charge in [-0.3, -0.25) is 9.59 Å². The van der Waals surface area contributed by atoms with Gasteiger partial charge in [-0.2, -0.15) is 0 Å². The number of nitrogens with one attached hydrogen (secondary N) is 1. The molecule has 0 aliphatic carbocycles. The van der Waals surface area contributed by atoms with E-state index in [9.17, 15) is 9.59 Å². The fourth-order valence-corrected chi connectivity index (χ4v) is 2.09. The average Bonchev–Trinajstić information content (AvgIpc) is 2.25. The van der Waals surface area contributed by atoms with Crippen LogP contribution in [-0.2, 0) is 9.59 Å². The molecule has 1 aliphatic rings. The number of halogens is 1. The molecule has 1 unspecified atom stereocenters. The van der Waals surface area contributed by atoms with Gasteiger partial charge in [0.05, 0.1) is 0 Å². The summed E-state index contributed by atoms with van der Waals surface area (Å²) in [6.45, 7) is 5.80. The second kappa shape index (κ2) is 5.54. The SMILES string of the molecule is CCCC1C(=O)NC(C)(C)C(=O)N1C/C=C/Cl. The summed E-state index contributed by atoms with van der Waals surface area (Å²) in [5.41, 5.74) is 0.539. The van der Waals surface area contributed by atoms with E-state index < -0.39 is 5.54 Å². The van der Waals surface area contributed by atoms with Gasteiger partial charge in [-0.25, -0.2) is 0 Å². The summed E-state index contributed by atoms with van der Waals surface area (Å²) in [6.07, 6.45) is 3.20. The Bertz CT molecular complexity index is 339. The summed E-state index contributed by atoms with van der Waals surface area (Å²) in [4.78, 5) is 25.8. The second-order valence-electron chi connectivity index (χ2n) is 4.74. The molecule has 1 rings (SSSR count). The second-order valence-corrected chi connectivity index (χ2v) is 4.99. The highest BCUT2D eigenvalue weighted by Gasteiger charge is 2.44. The Hall–Kier alpha value is -1.03. The molecular formula is C12H19ClN2O2. The number of carbonyl (C=O) groups is 2. The number of carbonyl (C=O) groups excluding carboxylic acids is 2. The Balaban J connectivity index is 2.95. The molecule has 0 spiro atoms. The topological polar surface area (TPSA) is 49.4 Å². The maximum absolute atomic E-state index is 12.2. The minimum atomic E-state index is -0.832. The van der Waals surface area contributed by atoms with Crippen molar-refractivity contribution in [2.24, 2.45) is 0 Å². The van der Waals surface area contributed by atoms with Crippen molar-refractivity contribution >= 4 is 23.4 Å². The van der Waals surface area contributed by atoms with E-state index in [2.05, 4.69) is 5.32 Å². The molecule has 1 heterocycles. The van der Waals surface area contributed by atoms with Crippen molar-refractivity contribution < 1.29 is 9.59 Å². The first-order valence-electron chi connectivity index (χ1n) is 5.82. The first kappa shape index (κ1) is 14.0. The smallest absolute Gasteiger partial charge is 0.248 e. The molecule has 1 aliphatic heterocycles. The van der Waals surface area contributed by atoms with Crippen LogP contribution in [-0.4, -0.2) is 34.8 Å². The van der Waals surface area contributed by atoms with Crippen molar-refractivity contribution in [3.63, 3.8) is 0 Å². The van der Waals surface area contributed by atoms with Crippen LogP contribution in [0.3, 0.4) is 0 Å². The highest BCUT2D eigenvalue weighted by molar-refractivity contribution is 6.25. The fraction of sp³-hybridized carbons (Fsp3) is 0.667. The Morgan fingerprint density at radius 1 is 1.47 bits per heavy atom. The molecule has 2 amide bonds. The molecule has 1 N–H and O–H groups in total. The summed E-state index contributed by atoms with van der Waals surface area (Å²) >= 11 is 5.48. The van der Waals surface area contributed by atoms with Crippen molar-refractivity contribution in [2.45, 2.75) is 45.2 Å². The predicted octanol–water partition coefficient (Wildman–Crippen LogP) is 1.64. The Morgan fingerprint density at radius 3 is 2.65 bits per heavy atom. The van der Waals surface area contributed by atoms with Crippen LogP contribution in [0.25, 0.3) is 0 Å². The van der Waals surface area contributed by atoms with Gasteiger partial charge < -0.3 is 10.2 Å². The first-order valence-corrected chi connectivity index (χ1v) is 6.26. The van der Waals surface area contributed by atoms with Gasteiger partial charge >= 0.3 is 0 Å². The van der Waals surface area contributed by atoms with Crippen molar-refractivity contribution in [1.29, 1.82) is 0 Å². The number of rotatable bonds is 4. The molecule has 1 saturated heterocycles. The van der Waals surface area contributed by atoms with Crippen LogP contribution < -0.4 is 5.32 Å². The molecule has 0 radical (unpaired) electrons. The van der Waals surface area contributed by atoms with Crippen LogP contribution in [0, 0.1) is 0 Å². The Morgan fingerprint density at radius 2 is 2.12 bits per heavy atom. The Kier molecular flexibility index (Phi) is 4.57. The van der Waals surface area contributed by atoms with Gasteiger partial charge in [0.25, 0.3) is 0 Å². The van der Waals surface area contributed by atoms with Gasteiger partial charge in [0.1, 0.15) is 11.6 Å². The zero-order chi connectivity index (χ0) is 13.1. The molecule has 96 valence electrons. The molecule has 5 heteroatoms. The molecule has 0 aromatic heterocycles. The molecule has 0 aromatic carbocycles. The third-order valence-corrected chi connectivity index (χ3v) is 3.04. The number of hydrogen-bond acceptors (Lipinski definition) is 2. The lowest BCUT2D eigenvalue weighted by Gasteiger charge is -2.42. The van der Waals surface area contributed by atoms with Crippen molar-refractivity contribution in [3.05, 3.63) is 11.6 Å². The molecule has 0 bridgehead atoms. The van der Waals surface area contributed by atoms with E-state index in [1.54, 1.807) is 24.8 Å². The summed E-state index contributed by atoms with van der Waals surface area (Å²) in [6, 6.07) is -0.381. The van der Waals surface area contributed by atoms with Crippen LogP contribution in [0.5, 0.6) is 0 Å². The van der Waals surface area contributed by atoms with E-state index in [4.69, 9.17) is 11.6 Å². The van der Waals surface area contributed by atoms with Crippen LogP contribution in [0.2, 0.25) is 0 Å². The maximum atomic E-state index is 12.2. The number of nitrogens with zero attached hydrogens (tertiary/aromatic N) is 1. The third-order valence-electron chi connectivity index (χ3n) is 2.86. The van der Waals surface area contributed by atoms with Gasteiger partial charge in [0.2, 0.25) is 11.8 Å². The van der Waals surface area contributed by atoms with Crippen molar-refractivity contribution in [3.8, 4) is 0 Å². The predicted molar refractivity (Wildman–Crippen MR) is 67.6 cm³/mol. The minimum absolute atomic E-state index is 0.0645. The number of piperazine rings is 1. The lowest BCUT2D eigenvalue weighted by molar-refractivity contribution is -0.153. The number of amides is 2. The third kappa shape index (κ3) is 3.00. The van der Waals surface area contributed by atoms with Crippen LogP contribution in [0.4, 0.5) is 0 Å². The van der Waals surface area contributed by atoms with Gasteiger partial charge in [-0.15, -0.1) is 0 Å². The summed E-state index contributed by atoms with van der Waals surface area (Å²) in [5.74, 6) is -0.148. The molecular weight excluding hydrogens is 240 g/mol. The lowest BCUT2D eigenvalue weighted by atomic mass is 9.95. The highest BCUT2D eigenvalue weighted by Crippen LogP contribution is 2.20. The van der Waals surface area contributed by atoms with Crippen LogP contribution in [0.15, 0.2) is 11.6 Å². The average molecular weight is 259 g/mol. The summed E-state index contributed by atoms with van der Waals surface area (Å²) in [7, 11) is 0. The molecule has 4 nitrogen and oxygen atoms in total. The van der Waals surface area contributed by atoms with E-state index in [0.29, 0.717) is 13.0 Å². The largest absolute Gasteiger partial charge is 0.340 e. The van der Waals surface area contributed by atoms with Crippen molar-refractivity contribution in [2.75, 3.05) is 6.54 Å². The van der Waals surface area contributed by atoms with E-state index in [1.165, 1.54) is 5.54 Å². The van der Waals surface area contributed by atoms with E-state index in [1.807, 2.05) is 6.92 Å². The first-order chi connectivity index (χ1) is 7.94. The van der Waals surface area contributed by atoms with Crippen LogP contribution >= 0.6 is 11.6 Å². The van der Waals surface area contributed by atoms with Gasteiger partial charge in [-0.1, -0.05) is 31.0 Å². The normalized spacial score (nSPS) is 24.2. The zero-order valence-electron chi connectivity index (χ0n) is 10.5. The molecule has 17 heavy (non-hydrogen) atoms. The zero-order valence-corrected chi connectivity index (χ0v) is 11.3. The standard InChI is InChI=1S/C12H19ClN2O2/c1-4-6-9-10(16)14-12(2,3)11(17)15(9)8-5-7-13/h5,7,9H,4,6,8H2,1-3H3,(H,14,16)/b7-5+. The molecule has 1 atom stereocenters.